The molecule has 0 aliphatic heterocycles. The van der Waals surface area contributed by atoms with Gasteiger partial charge < -0.3 is 10.6 Å². The number of pyridine rings is 1. The molecule has 0 saturated heterocycles. The Morgan fingerprint density at radius 1 is 1.42 bits per heavy atom. The molecule has 19 heavy (non-hydrogen) atoms. The summed E-state index contributed by atoms with van der Waals surface area (Å²) in [6.45, 7) is 8.12. The second-order valence-corrected chi connectivity index (χ2v) is 5.07. The van der Waals surface area contributed by atoms with Gasteiger partial charge in [0.05, 0.1) is 5.69 Å². The number of nitrogens with two attached hydrogens (primary N) is 1. The van der Waals surface area contributed by atoms with Crippen LogP contribution in [0.15, 0.2) is 18.3 Å². The minimum atomic E-state index is 0.221. The molecule has 2 rings (SSSR count). The third-order valence-corrected chi connectivity index (χ3v) is 3.14. The standard InChI is InChI=1S/C14H23N5/c1-4-8-18(10-7-11(2)15)13-6-5-9-19-14(13)16-12(3)17-19/h5-6,9,11H,4,7-8,10,15H2,1-3H3. The lowest BCUT2D eigenvalue weighted by molar-refractivity contribution is 0.633. The van der Waals surface area contributed by atoms with Crippen LogP contribution in [0.5, 0.6) is 0 Å². The fraction of sp³-hybridized carbons (Fsp3) is 0.571. The molecule has 0 spiro atoms. The van der Waals surface area contributed by atoms with E-state index < -0.39 is 0 Å². The summed E-state index contributed by atoms with van der Waals surface area (Å²) in [5.41, 5.74) is 7.94. The Morgan fingerprint density at radius 3 is 2.89 bits per heavy atom. The molecule has 1 unspecified atom stereocenters. The van der Waals surface area contributed by atoms with E-state index in [0.29, 0.717) is 0 Å². The number of hydrogen-bond acceptors (Lipinski definition) is 4. The van der Waals surface area contributed by atoms with Crippen LogP contribution in [0.1, 0.15) is 32.5 Å². The first-order valence-electron chi connectivity index (χ1n) is 6.94. The predicted octanol–water partition coefficient (Wildman–Crippen LogP) is 1.99. The molecule has 5 nitrogen and oxygen atoms in total. The van der Waals surface area contributed by atoms with E-state index in [1.807, 2.05) is 30.6 Å². The van der Waals surface area contributed by atoms with Crippen molar-refractivity contribution < 1.29 is 0 Å². The Kier molecular flexibility index (Phi) is 4.37. The largest absolute Gasteiger partial charge is 0.368 e. The molecular weight excluding hydrogens is 238 g/mol. The average Bonchev–Trinajstić information content (AvgIpc) is 2.74. The van der Waals surface area contributed by atoms with E-state index in [1.54, 1.807) is 0 Å². The Bertz CT molecular complexity index is 532. The zero-order chi connectivity index (χ0) is 13.8. The number of hydrogen-bond donors (Lipinski definition) is 1. The number of aromatic nitrogens is 3. The van der Waals surface area contributed by atoms with Crippen molar-refractivity contribution in [3.63, 3.8) is 0 Å². The second-order valence-electron chi connectivity index (χ2n) is 5.07. The quantitative estimate of drug-likeness (QED) is 0.864. The Hall–Kier alpha value is -1.62. The van der Waals surface area contributed by atoms with Gasteiger partial charge in [0.1, 0.15) is 5.82 Å². The minimum absolute atomic E-state index is 0.221. The first-order valence-corrected chi connectivity index (χ1v) is 6.94. The number of fused-ring (bicyclic) bond motifs is 1. The van der Waals surface area contributed by atoms with Gasteiger partial charge in [-0.2, -0.15) is 5.10 Å². The highest BCUT2D eigenvalue weighted by Gasteiger charge is 2.12. The molecule has 0 bridgehead atoms. The molecule has 0 aliphatic carbocycles. The smallest absolute Gasteiger partial charge is 0.178 e. The van der Waals surface area contributed by atoms with Crippen molar-refractivity contribution in [1.29, 1.82) is 0 Å². The first kappa shape index (κ1) is 13.8. The molecule has 0 amide bonds. The van der Waals surface area contributed by atoms with Gasteiger partial charge >= 0.3 is 0 Å². The van der Waals surface area contributed by atoms with Crippen molar-refractivity contribution in [3.8, 4) is 0 Å². The van der Waals surface area contributed by atoms with Crippen LogP contribution in [0.4, 0.5) is 5.69 Å². The van der Waals surface area contributed by atoms with Gasteiger partial charge in [-0.05, 0) is 38.8 Å². The van der Waals surface area contributed by atoms with E-state index in [2.05, 4.69) is 28.0 Å². The first-order chi connectivity index (χ1) is 9.11. The third kappa shape index (κ3) is 3.23. The maximum atomic E-state index is 5.87. The molecule has 2 aromatic rings. The zero-order valence-electron chi connectivity index (χ0n) is 12.0. The summed E-state index contributed by atoms with van der Waals surface area (Å²) < 4.78 is 1.85. The van der Waals surface area contributed by atoms with Crippen LogP contribution in [0, 0.1) is 6.92 Å². The van der Waals surface area contributed by atoms with E-state index in [4.69, 9.17) is 5.73 Å². The maximum absolute atomic E-state index is 5.87. The summed E-state index contributed by atoms with van der Waals surface area (Å²) in [5.74, 6) is 0.802. The van der Waals surface area contributed by atoms with Crippen LogP contribution < -0.4 is 10.6 Å². The highest BCUT2D eigenvalue weighted by Crippen LogP contribution is 2.20. The monoisotopic (exact) mass is 261 g/mol. The summed E-state index contributed by atoms with van der Waals surface area (Å²) in [6, 6.07) is 4.35. The molecule has 2 aromatic heterocycles. The van der Waals surface area contributed by atoms with Gasteiger partial charge in [0.15, 0.2) is 5.65 Å². The summed E-state index contributed by atoms with van der Waals surface area (Å²) in [5, 5.41) is 4.37. The highest BCUT2D eigenvalue weighted by atomic mass is 15.3. The lowest BCUT2D eigenvalue weighted by atomic mass is 10.2. The molecule has 0 saturated carbocycles. The summed E-state index contributed by atoms with van der Waals surface area (Å²) in [7, 11) is 0. The van der Waals surface area contributed by atoms with Gasteiger partial charge in [-0.25, -0.2) is 9.50 Å². The fourth-order valence-corrected chi connectivity index (χ4v) is 2.23. The molecule has 0 aromatic carbocycles. The predicted molar refractivity (Wildman–Crippen MR) is 78.5 cm³/mol. The molecular formula is C14H23N5. The molecule has 0 fully saturated rings. The van der Waals surface area contributed by atoms with Crippen LogP contribution >= 0.6 is 0 Å². The molecule has 0 aliphatic rings. The minimum Gasteiger partial charge on any atom is -0.368 e. The van der Waals surface area contributed by atoms with Crippen molar-refractivity contribution in [3.05, 3.63) is 24.2 Å². The van der Waals surface area contributed by atoms with Gasteiger partial charge in [-0.3, -0.25) is 0 Å². The lowest BCUT2D eigenvalue weighted by Gasteiger charge is -2.25. The Morgan fingerprint density at radius 2 is 2.21 bits per heavy atom. The van der Waals surface area contributed by atoms with Gasteiger partial charge in [0.25, 0.3) is 0 Å². The van der Waals surface area contributed by atoms with E-state index in [0.717, 1.165) is 43.1 Å². The molecule has 2 N–H and O–H groups in total. The molecule has 5 heteroatoms. The second kappa shape index (κ2) is 6.02. The van der Waals surface area contributed by atoms with Crippen LogP contribution in [0.25, 0.3) is 5.65 Å². The molecule has 1 atom stereocenters. The van der Waals surface area contributed by atoms with E-state index in [9.17, 15) is 0 Å². The fourth-order valence-electron chi connectivity index (χ4n) is 2.23. The summed E-state index contributed by atoms with van der Waals surface area (Å²) >= 11 is 0. The summed E-state index contributed by atoms with van der Waals surface area (Å²) in [6.07, 6.45) is 4.02. The van der Waals surface area contributed by atoms with Crippen molar-refractivity contribution in [2.24, 2.45) is 5.73 Å². The van der Waals surface area contributed by atoms with Gasteiger partial charge in [-0.15, -0.1) is 0 Å². The third-order valence-electron chi connectivity index (χ3n) is 3.14. The van der Waals surface area contributed by atoms with Crippen LogP contribution in [0.2, 0.25) is 0 Å². The van der Waals surface area contributed by atoms with Gasteiger partial charge in [0.2, 0.25) is 0 Å². The zero-order valence-corrected chi connectivity index (χ0v) is 12.0. The topological polar surface area (TPSA) is 59.5 Å². The maximum Gasteiger partial charge on any atom is 0.178 e. The summed E-state index contributed by atoms with van der Waals surface area (Å²) in [4.78, 5) is 6.88. The van der Waals surface area contributed by atoms with Gasteiger partial charge in [0, 0.05) is 25.3 Å². The average molecular weight is 261 g/mol. The van der Waals surface area contributed by atoms with Crippen molar-refractivity contribution >= 4 is 11.3 Å². The van der Waals surface area contributed by atoms with Crippen LogP contribution in [0.3, 0.4) is 0 Å². The van der Waals surface area contributed by atoms with Crippen molar-refractivity contribution in [1.82, 2.24) is 14.6 Å². The van der Waals surface area contributed by atoms with E-state index in [1.165, 1.54) is 0 Å². The van der Waals surface area contributed by atoms with Gasteiger partial charge in [-0.1, -0.05) is 6.92 Å². The number of nitrogens with zero attached hydrogens (tertiary/aromatic N) is 4. The number of rotatable bonds is 6. The number of anilines is 1. The molecule has 2 heterocycles. The Labute approximate surface area is 114 Å². The van der Waals surface area contributed by atoms with Crippen LogP contribution in [-0.4, -0.2) is 33.7 Å². The lowest BCUT2D eigenvalue weighted by Crippen LogP contribution is -2.30. The van der Waals surface area contributed by atoms with Crippen LogP contribution in [-0.2, 0) is 0 Å². The SMILES string of the molecule is CCCN(CCC(C)N)c1cccn2nc(C)nc12. The van der Waals surface area contributed by atoms with E-state index in [-0.39, 0.29) is 6.04 Å². The van der Waals surface area contributed by atoms with Crippen molar-refractivity contribution in [2.75, 3.05) is 18.0 Å². The van der Waals surface area contributed by atoms with Crippen molar-refractivity contribution in [2.45, 2.75) is 39.7 Å². The molecule has 0 radical (unpaired) electrons. The molecule has 104 valence electrons. The Balaban J connectivity index is 2.32. The van der Waals surface area contributed by atoms with E-state index >= 15 is 0 Å². The highest BCUT2D eigenvalue weighted by molar-refractivity contribution is 5.68. The normalized spacial score (nSPS) is 12.8. The number of aryl methyl sites for hydroxylation is 1.